The molecule has 0 unspecified atom stereocenters. The molecular formula is C17H19N3O3. The van der Waals surface area contributed by atoms with Gasteiger partial charge in [-0.3, -0.25) is 0 Å². The third kappa shape index (κ3) is 2.81. The number of nitrogens with zero attached hydrogens (tertiary/aromatic N) is 2. The number of fused-ring (bicyclic) bond motifs is 1. The molecule has 2 aromatic rings. The van der Waals surface area contributed by atoms with Gasteiger partial charge in [0.05, 0.1) is 24.9 Å². The Balaban J connectivity index is 1.50. The van der Waals surface area contributed by atoms with Gasteiger partial charge < -0.3 is 19.5 Å². The van der Waals surface area contributed by atoms with Gasteiger partial charge in [0.1, 0.15) is 18.3 Å². The normalized spacial score (nSPS) is 29.4. The number of ether oxygens (including phenoxy) is 3. The molecule has 23 heavy (non-hydrogen) atoms. The number of anilines is 1. The average molecular weight is 313 g/mol. The molecule has 1 aromatic carbocycles. The van der Waals surface area contributed by atoms with Crippen molar-refractivity contribution in [3.8, 4) is 11.3 Å². The first-order valence-electron chi connectivity index (χ1n) is 7.76. The van der Waals surface area contributed by atoms with Crippen LogP contribution < -0.4 is 5.32 Å². The van der Waals surface area contributed by atoms with Crippen molar-refractivity contribution in [2.75, 3.05) is 25.6 Å². The highest BCUT2D eigenvalue weighted by Crippen LogP contribution is 2.30. The Kier molecular flexibility index (Phi) is 3.95. The average Bonchev–Trinajstić information content (AvgIpc) is 3.19. The molecule has 2 aliphatic rings. The van der Waals surface area contributed by atoms with Gasteiger partial charge >= 0.3 is 0 Å². The zero-order valence-electron chi connectivity index (χ0n) is 12.9. The molecule has 1 N–H and O–H groups in total. The summed E-state index contributed by atoms with van der Waals surface area (Å²) in [6.07, 6.45) is 1.72. The van der Waals surface area contributed by atoms with E-state index < -0.39 is 0 Å². The number of nitrogens with one attached hydrogen (secondary N) is 1. The maximum Gasteiger partial charge on any atom is 0.223 e. The molecule has 6 nitrogen and oxygen atoms in total. The van der Waals surface area contributed by atoms with Crippen LogP contribution in [0.25, 0.3) is 11.3 Å². The fourth-order valence-corrected chi connectivity index (χ4v) is 3.15. The number of rotatable bonds is 4. The molecule has 2 saturated heterocycles. The quantitative estimate of drug-likeness (QED) is 0.927. The Bertz CT molecular complexity index is 667. The van der Waals surface area contributed by atoms with Gasteiger partial charge in [-0.1, -0.05) is 30.3 Å². The summed E-state index contributed by atoms with van der Waals surface area (Å²) in [6, 6.07) is 12.0. The lowest BCUT2D eigenvalue weighted by Gasteiger charge is -2.17. The van der Waals surface area contributed by atoms with Crippen molar-refractivity contribution in [2.45, 2.75) is 24.4 Å². The molecule has 0 amide bonds. The third-order valence-corrected chi connectivity index (χ3v) is 4.35. The molecule has 0 bridgehead atoms. The fourth-order valence-electron chi connectivity index (χ4n) is 3.15. The van der Waals surface area contributed by atoms with Gasteiger partial charge in [-0.05, 0) is 6.07 Å². The second-order valence-corrected chi connectivity index (χ2v) is 5.75. The Morgan fingerprint density at radius 3 is 2.74 bits per heavy atom. The largest absolute Gasteiger partial charge is 0.376 e. The lowest BCUT2D eigenvalue weighted by molar-refractivity contribution is -0.00757. The highest BCUT2D eigenvalue weighted by Gasteiger charge is 2.48. The van der Waals surface area contributed by atoms with Gasteiger partial charge in [0, 0.05) is 18.9 Å². The maximum atomic E-state index is 5.81. The van der Waals surface area contributed by atoms with Crippen LogP contribution in [-0.4, -0.2) is 54.6 Å². The Labute approximate surface area is 134 Å². The molecule has 4 atom stereocenters. The third-order valence-electron chi connectivity index (χ3n) is 4.35. The molecular weight excluding hydrogens is 294 g/mol. The van der Waals surface area contributed by atoms with E-state index in [2.05, 4.69) is 15.3 Å². The number of methoxy groups -OCH3 is 1. The molecule has 2 fully saturated rings. The topological polar surface area (TPSA) is 65.5 Å². The minimum Gasteiger partial charge on any atom is -0.376 e. The number of benzene rings is 1. The summed E-state index contributed by atoms with van der Waals surface area (Å²) in [5.74, 6) is 0.588. The van der Waals surface area contributed by atoms with Crippen molar-refractivity contribution in [3.05, 3.63) is 42.6 Å². The summed E-state index contributed by atoms with van der Waals surface area (Å²) in [5, 5.41) is 3.34. The van der Waals surface area contributed by atoms with E-state index >= 15 is 0 Å². The van der Waals surface area contributed by atoms with E-state index in [-0.39, 0.29) is 24.4 Å². The molecule has 0 spiro atoms. The molecule has 0 aliphatic carbocycles. The summed E-state index contributed by atoms with van der Waals surface area (Å²) >= 11 is 0. The maximum absolute atomic E-state index is 5.81. The second kappa shape index (κ2) is 6.23. The molecule has 120 valence electrons. The van der Waals surface area contributed by atoms with Crippen molar-refractivity contribution in [2.24, 2.45) is 0 Å². The highest BCUT2D eigenvalue weighted by atomic mass is 16.6. The summed E-state index contributed by atoms with van der Waals surface area (Å²) in [6.45, 7) is 1.13. The number of hydrogen-bond donors (Lipinski definition) is 1. The predicted molar refractivity (Wildman–Crippen MR) is 85.2 cm³/mol. The first kappa shape index (κ1) is 14.6. The Hall–Kier alpha value is -2.02. The summed E-state index contributed by atoms with van der Waals surface area (Å²) in [4.78, 5) is 8.91. The fraction of sp³-hybridized carbons (Fsp3) is 0.412. The van der Waals surface area contributed by atoms with E-state index in [0.717, 1.165) is 11.3 Å². The van der Waals surface area contributed by atoms with Crippen molar-refractivity contribution in [1.29, 1.82) is 0 Å². The molecule has 4 rings (SSSR count). The SMILES string of the molecule is CO[C@@H]1CO[C@H]2[C@@H]1OC[C@@H]2Nc1nccc(-c2ccccc2)n1. The Morgan fingerprint density at radius 2 is 1.91 bits per heavy atom. The molecule has 1 aromatic heterocycles. The first-order chi connectivity index (χ1) is 11.3. The van der Waals surface area contributed by atoms with Crippen molar-refractivity contribution < 1.29 is 14.2 Å². The van der Waals surface area contributed by atoms with Crippen LogP contribution >= 0.6 is 0 Å². The summed E-state index contributed by atoms with van der Waals surface area (Å²) in [7, 11) is 1.69. The zero-order chi connectivity index (χ0) is 15.6. The van der Waals surface area contributed by atoms with Crippen LogP contribution in [0.4, 0.5) is 5.95 Å². The van der Waals surface area contributed by atoms with Crippen LogP contribution in [0.5, 0.6) is 0 Å². The van der Waals surface area contributed by atoms with Crippen LogP contribution in [0, 0.1) is 0 Å². The lowest BCUT2D eigenvalue weighted by Crippen LogP contribution is -2.36. The van der Waals surface area contributed by atoms with E-state index in [4.69, 9.17) is 14.2 Å². The van der Waals surface area contributed by atoms with Gasteiger partial charge in [-0.15, -0.1) is 0 Å². The zero-order valence-corrected chi connectivity index (χ0v) is 12.9. The van der Waals surface area contributed by atoms with Gasteiger partial charge in [0.15, 0.2) is 0 Å². The van der Waals surface area contributed by atoms with Gasteiger partial charge in [0.2, 0.25) is 5.95 Å². The Morgan fingerprint density at radius 1 is 1.09 bits per heavy atom. The van der Waals surface area contributed by atoms with Gasteiger partial charge in [-0.2, -0.15) is 0 Å². The van der Waals surface area contributed by atoms with E-state index in [1.54, 1.807) is 13.3 Å². The van der Waals surface area contributed by atoms with E-state index in [0.29, 0.717) is 19.2 Å². The van der Waals surface area contributed by atoms with Crippen LogP contribution in [0.3, 0.4) is 0 Å². The van der Waals surface area contributed by atoms with Crippen LogP contribution in [0.1, 0.15) is 0 Å². The number of hydrogen-bond acceptors (Lipinski definition) is 6. The second-order valence-electron chi connectivity index (χ2n) is 5.75. The van der Waals surface area contributed by atoms with E-state index in [1.165, 1.54) is 0 Å². The molecule has 3 heterocycles. The first-order valence-corrected chi connectivity index (χ1v) is 7.76. The van der Waals surface area contributed by atoms with Crippen molar-refractivity contribution in [3.63, 3.8) is 0 Å². The van der Waals surface area contributed by atoms with E-state index in [1.807, 2.05) is 36.4 Å². The number of aromatic nitrogens is 2. The molecule has 6 heteroatoms. The molecule has 0 saturated carbocycles. The summed E-state index contributed by atoms with van der Waals surface area (Å²) in [5.41, 5.74) is 1.95. The van der Waals surface area contributed by atoms with Crippen molar-refractivity contribution in [1.82, 2.24) is 9.97 Å². The molecule has 2 aliphatic heterocycles. The predicted octanol–water partition coefficient (Wildman–Crippen LogP) is 1.74. The van der Waals surface area contributed by atoms with Crippen LogP contribution in [0.15, 0.2) is 42.6 Å². The van der Waals surface area contributed by atoms with Gasteiger partial charge in [-0.25, -0.2) is 9.97 Å². The molecule has 0 radical (unpaired) electrons. The van der Waals surface area contributed by atoms with Crippen LogP contribution in [0.2, 0.25) is 0 Å². The highest BCUT2D eigenvalue weighted by molar-refractivity contribution is 5.59. The van der Waals surface area contributed by atoms with Gasteiger partial charge in [0.25, 0.3) is 0 Å². The summed E-state index contributed by atoms with van der Waals surface area (Å²) < 4.78 is 17.0. The smallest absolute Gasteiger partial charge is 0.223 e. The van der Waals surface area contributed by atoms with Crippen molar-refractivity contribution >= 4 is 5.95 Å². The van der Waals surface area contributed by atoms with E-state index in [9.17, 15) is 0 Å². The van der Waals surface area contributed by atoms with Crippen LogP contribution in [-0.2, 0) is 14.2 Å². The lowest BCUT2D eigenvalue weighted by atomic mass is 10.1. The monoisotopic (exact) mass is 313 g/mol. The minimum atomic E-state index is -0.0241. The standard InChI is InChI=1S/C17H19N3O3/c1-21-14-10-23-15-13(9-22-16(14)15)20-17-18-8-7-12(19-17)11-5-3-2-4-6-11/h2-8,13-16H,9-10H2,1H3,(H,18,19,20)/t13-,14+,15+,16+/m0/s1. The minimum absolute atomic E-state index is 0.00312.